The molecule has 1 atom stereocenters. The third-order valence-corrected chi connectivity index (χ3v) is 0.898. The Balaban J connectivity index is -0.000000166. The topological polar surface area (TPSA) is 107 Å². The van der Waals surface area contributed by atoms with Gasteiger partial charge in [0.25, 0.3) is 0 Å². The number of esters is 1. The molecule has 0 aromatic heterocycles. The normalized spacial score (nSPS) is 9.94. The number of hydrogen-bond donors (Lipinski definition) is 4. The van der Waals surface area contributed by atoms with Crippen LogP contribution in [-0.2, 0) is 9.53 Å². The van der Waals surface area contributed by atoms with Gasteiger partial charge in [0.15, 0.2) is 0 Å². The van der Waals surface area contributed by atoms with Crippen molar-refractivity contribution in [2.24, 2.45) is 0 Å². The second-order valence-electron chi connectivity index (χ2n) is 2.75. The van der Waals surface area contributed by atoms with Crippen molar-refractivity contribution in [1.29, 1.82) is 0 Å². The number of ether oxygens (including phenoxy) is 1. The van der Waals surface area contributed by atoms with E-state index in [1.165, 1.54) is 14.0 Å². The minimum absolute atomic E-state index is 0.125. The lowest BCUT2D eigenvalue weighted by molar-refractivity contribution is -0.136. The van der Waals surface area contributed by atoms with Crippen molar-refractivity contribution in [2.75, 3.05) is 26.9 Å². The van der Waals surface area contributed by atoms with Crippen molar-refractivity contribution < 1.29 is 30.0 Å². The molecule has 0 bridgehead atoms. The summed E-state index contributed by atoms with van der Waals surface area (Å²) >= 11 is 0. The van der Waals surface area contributed by atoms with Gasteiger partial charge in [0.1, 0.15) is 0 Å². The molecule has 0 spiro atoms. The standard InChI is InChI=1S/C5H8O2.C3H8O2.C2H6O2/c1-4(2)5(6)7-3;1-3(5)2-4;3-1-2-4/h1H2,2-3H3;3-5H,2H2,1H3;3-4H,1-2H2. The first-order valence-corrected chi connectivity index (χ1v) is 4.61. The SMILES string of the molecule is C=C(C)C(=O)OC.CC(O)CO.OCCO. The van der Waals surface area contributed by atoms with Crippen LogP contribution >= 0.6 is 0 Å². The van der Waals surface area contributed by atoms with E-state index in [-0.39, 0.29) is 25.8 Å². The fraction of sp³-hybridized carbons (Fsp3) is 0.700. The minimum Gasteiger partial charge on any atom is -0.466 e. The van der Waals surface area contributed by atoms with Crippen LogP contribution in [0.3, 0.4) is 0 Å². The van der Waals surface area contributed by atoms with Crippen molar-refractivity contribution in [1.82, 2.24) is 0 Å². The second-order valence-corrected chi connectivity index (χ2v) is 2.75. The molecule has 0 heterocycles. The van der Waals surface area contributed by atoms with Gasteiger partial charge in [-0.1, -0.05) is 6.58 Å². The summed E-state index contributed by atoms with van der Waals surface area (Å²) in [4.78, 5) is 10.2. The maximum absolute atomic E-state index is 10.2. The molecule has 0 aromatic carbocycles. The van der Waals surface area contributed by atoms with Gasteiger partial charge >= 0.3 is 5.97 Å². The fourth-order valence-corrected chi connectivity index (χ4v) is 0.174. The molecule has 4 N–H and O–H groups in total. The van der Waals surface area contributed by atoms with Crippen LogP contribution in [0.25, 0.3) is 0 Å². The Bertz CT molecular complexity index is 165. The van der Waals surface area contributed by atoms with E-state index in [0.717, 1.165) is 0 Å². The molecule has 0 fully saturated rings. The highest BCUT2D eigenvalue weighted by Crippen LogP contribution is 1.87. The van der Waals surface area contributed by atoms with Gasteiger partial charge in [-0.2, -0.15) is 0 Å². The van der Waals surface area contributed by atoms with Gasteiger partial charge in [0, 0.05) is 5.57 Å². The van der Waals surface area contributed by atoms with Crippen LogP contribution in [0.4, 0.5) is 0 Å². The Kier molecular flexibility index (Phi) is 21.1. The molecule has 0 aliphatic rings. The average Bonchev–Trinajstić information content (AvgIpc) is 2.28. The minimum atomic E-state index is -0.560. The maximum atomic E-state index is 10.2. The molecule has 16 heavy (non-hydrogen) atoms. The lowest BCUT2D eigenvalue weighted by Crippen LogP contribution is -2.03. The molecule has 0 amide bonds. The summed E-state index contributed by atoms with van der Waals surface area (Å²) < 4.78 is 4.27. The number of carbonyl (C=O) groups excluding carboxylic acids is 1. The maximum Gasteiger partial charge on any atom is 0.332 e. The van der Waals surface area contributed by atoms with Gasteiger partial charge in [-0.25, -0.2) is 4.79 Å². The van der Waals surface area contributed by atoms with Crippen LogP contribution in [0.2, 0.25) is 0 Å². The molecular formula is C10H22O6. The zero-order valence-corrected chi connectivity index (χ0v) is 10.0. The monoisotopic (exact) mass is 238 g/mol. The van der Waals surface area contributed by atoms with E-state index in [1.54, 1.807) is 6.92 Å². The van der Waals surface area contributed by atoms with Crippen LogP contribution < -0.4 is 0 Å². The van der Waals surface area contributed by atoms with Crippen LogP contribution in [0.15, 0.2) is 12.2 Å². The molecule has 1 unspecified atom stereocenters. The van der Waals surface area contributed by atoms with Gasteiger partial charge in [-0.05, 0) is 13.8 Å². The quantitative estimate of drug-likeness (QED) is 0.373. The first kappa shape index (κ1) is 20.5. The van der Waals surface area contributed by atoms with E-state index in [4.69, 9.17) is 20.4 Å². The predicted molar refractivity (Wildman–Crippen MR) is 59.8 cm³/mol. The first-order chi connectivity index (χ1) is 7.37. The van der Waals surface area contributed by atoms with Gasteiger partial charge < -0.3 is 25.2 Å². The van der Waals surface area contributed by atoms with Crippen LogP contribution in [0, 0.1) is 0 Å². The number of hydrogen-bond acceptors (Lipinski definition) is 6. The lowest BCUT2D eigenvalue weighted by Gasteiger charge is -1.91. The summed E-state index contributed by atoms with van der Waals surface area (Å²) in [5.74, 6) is -0.347. The number of aliphatic hydroxyl groups is 4. The average molecular weight is 238 g/mol. The van der Waals surface area contributed by atoms with Crippen molar-refractivity contribution in [3.05, 3.63) is 12.2 Å². The van der Waals surface area contributed by atoms with Crippen molar-refractivity contribution in [3.8, 4) is 0 Å². The summed E-state index contributed by atoms with van der Waals surface area (Å²) in [5, 5.41) is 31.3. The van der Waals surface area contributed by atoms with Crippen molar-refractivity contribution in [2.45, 2.75) is 20.0 Å². The highest BCUT2D eigenvalue weighted by atomic mass is 16.5. The molecule has 98 valence electrons. The van der Waals surface area contributed by atoms with Gasteiger partial charge in [-0.3, -0.25) is 0 Å². The van der Waals surface area contributed by atoms with Crippen LogP contribution in [0.5, 0.6) is 0 Å². The molecule has 0 rings (SSSR count). The molecule has 6 nitrogen and oxygen atoms in total. The second kappa shape index (κ2) is 16.5. The zero-order chi connectivity index (χ0) is 13.6. The molecular weight excluding hydrogens is 216 g/mol. The summed E-state index contributed by atoms with van der Waals surface area (Å²) in [6.07, 6.45) is -0.560. The Morgan fingerprint density at radius 1 is 1.31 bits per heavy atom. The van der Waals surface area contributed by atoms with E-state index >= 15 is 0 Å². The summed E-state index contributed by atoms with van der Waals surface area (Å²) in [6, 6.07) is 0. The van der Waals surface area contributed by atoms with Gasteiger partial charge in [0.05, 0.1) is 33.0 Å². The summed E-state index contributed by atoms with van der Waals surface area (Å²) in [7, 11) is 1.33. The van der Waals surface area contributed by atoms with E-state index in [1.807, 2.05) is 0 Å². The lowest BCUT2D eigenvalue weighted by atomic mass is 10.4. The first-order valence-electron chi connectivity index (χ1n) is 4.61. The highest BCUT2D eigenvalue weighted by molar-refractivity contribution is 5.86. The Labute approximate surface area is 95.8 Å². The van der Waals surface area contributed by atoms with E-state index in [0.29, 0.717) is 5.57 Å². The summed E-state index contributed by atoms with van der Waals surface area (Å²) in [5.41, 5.74) is 0.433. The largest absolute Gasteiger partial charge is 0.466 e. The molecule has 0 saturated carbocycles. The third-order valence-electron chi connectivity index (χ3n) is 0.898. The molecule has 0 aliphatic carbocycles. The Morgan fingerprint density at radius 2 is 1.62 bits per heavy atom. The van der Waals surface area contributed by atoms with Crippen molar-refractivity contribution in [3.63, 3.8) is 0 Å². The molecule has 0 radical (unpaired) electrons. The smallest absolute Gasteiger partial charge is 0.332 e. The molecule has 0 aliphatic heterocycles. The predicted octanol–water partition coefficient (Wildman–Crippen LogP) is -0.934. The fourth-order valence-electron chi connectivity index (χ4n) is 0.174. The number of aliphatic hydroxyl groups excluding tert-OH is 4. The van der Waals surface area contributed by atoms with Crippen LogP contribution in [-0.4, -0.2) is 59.4 Å². The summed E-state index contributed by atoms with van der Waals surface area (Å²) in [6.45, 7) is 6.09. The van der Waals surface area contributed by atoms with E-state index < -0.39 is 6.10 Å². The Hall–Kier alpha value is -0.950. The molecule has 6 heteroatoms. The van der Waals surface area contributed by atoms with Gasteiger partial charge in [-0.15, -0.1) is 0 Å². The molecule has 0 saturated heterocycles. The van der Waals surface area contributed by atoms with E-state index in [9.17, 15) is 4.79 Å². The van der Waals surface area contributed by atoms with Gasteiger partial charge in [0.2, 0.25) is 0 Å². The number of methoxy groups -OCH3 is 1. The third kappa shape index (κ3) is 29.2. The zero-order valence-electron chi connectivity index (χ0n) is 10.0. The van der Waals surface area contributed by atoms with E-state index in [2.05, 4.69) is 11.3 Å². The van der Waals surface area contributed by atoms with Crippen LogP contribution in [0.1, 0.15) is 13.8 Å². The number of carbonyl (C=O) groups is 1. The molecule has 0 aromatic rings. The highest BCUT2D eigenvalue weighted by Gasteiger charge is 1.95. The Morgan fingerprint density at radius 3 is 1.62 bits per heavy atom. The number of rotatable bonds is 3. The van der Waals surface area contributed by atoms with Crippen molar-refractivity contribution >= 4 is 5.97 Å².